The van der Waals surface area contributed by atoms with Crippen molar-refractivity contribution in [1.82, 2.24) is 10.2 Å². The summed E-state index contributed by atoms with van der Waals surface area (Å²) in [5.74, 6) is 1.66. The molecule has 1 amide bonds. The van der Waals surface area contributed by atoms with E-state index in [9.17, 15) is 4.79 Å². The monoisotopic (exact) mass is 244 g/mol. The third kappa shape index (κ3) is 2.27. The van der Waals surface area contributed by atoms with Crippen molar-refractivity contribution >= 4 is 5.91 Å². The van der Waals surface area contributed by atoms with Crippen LogP contribution in [0.25, 0.3) is 0 Å². The number of fused-ring (bicyclic) bond motifs is 1. The van der Waals surface area contributed by atoms with Gasteiger partial charge in [0.15, 0.2) is 0 Å². The lowest BCUT2D eigenvalue weighted by Gasteiger charge is -2.17. The van der Waals surface area contributed by atoms with Crippen LogP contribution in [0.4, 0.5) is 0 Å². The van der Waals surface area contributed by atoms with Crippen molar-refractivity contribution in [1.29, 1.82) is 0 Å². The molecule has 0 radical (unpaired) electrons. The van der Waals surface area contributed by atoms with Gasteiger partial charge in [-0.25, -0.2) is 0 Å². The number of carbonyl (C=O) groups excluding carboxylic acids is 1. The molecule has 2 fully saturated rings. The molecule has 1 N–H and O–H groups in total. The molecule has 2 heterocycles. The van der Waals surface area contributed by atoms with Crippen LogP contribution >= 0.6 is 0 Å². The van der Waals surface area contributed by atoms with Crippen LogP contribution in [0.5, 0.6) is 0 Å². The highest BCUT2D eigenvalue weighted by atomic mass is 16.2. The van der Waals surface area contributed by atoms with Crippen molar-refractivity contribution in [3.05, 3.63) is 35.4 Å². The molecule has 2 aliphatic heterocycles. The minimum Gasteiger partial charge on any atom is -0.342 e. The zero-order chi connectivity index (χ0) is 12.5. The van der Waals surface area contributed by atoms with Crippen LogP contribution in [0.2, 0.25) is 0 Å². The van der Waals surface area contributed by atoms with Gasteiger partial charge >= 0.3 is 0 Å². The molecule has 3 heteroatoms. The van der Waals surface area contributed by atoms with E-state index in [2.05, 4.69) is 41.4 Å². The molecule has 2 saturated heterocycles. The fourth-order valence-electron chi connectivity index (χ4n) is 3.05. The Hall–Kier alpha value is -1.35. The lowest BCUT2D eigenvalue weighted by atomic mass is 10.0. The number of carbonyl (C=O) groups is 1. The van der Waals surface area contributed by atoms with E-state index in [0.717, 1.165) is 31.7 Å². The molecule has 0 spiro atoms. The molecule has 0 bridgehead atoms. The number of aryl methyl sites for hydroxylation is 1. The van der Waals surface area contributed by atoms with Crippen molar-refractivity contribution in [2.45, 2.75) is 13.3 Å². The molecule has 96 valence electrons. The summed E-state index contributed by atoms with van der Waals surface area (Å²) in [5, 5.41) is 3.40. The summed E-state index contributed by atoms with van der Waals surface area (Å²) in [5.41, 5.74) is 2.37. The molecule has 2 atom stereocenters. The topological polar surface area (TPSA) is 32.3 Å². The maximum absolute atomic E-state index is 12.2. The number of hydrogen-bond donors (Lipinski definition) is 1. The van der Waals surface area contributed by atoms with Crippen LogP contribution in [-0.4, -0.2) is 37.0 Å². The second kappa shape index (κ2) is 4.73. The van der Waals surface area contributed by atoms with E-state index < -0.39 is 0 Å². The molecule has 18 heavy (non-hydrogen) atoms. The van der Waals surface area contributed by atoms with Gasteiger partial charge in [-0.3, -0.25) is 4.79 Å². The number of likely N-dealkylation sites (tertiary alicyclic amines) is 1. The number of nitrogens with zero attached hydrogens (tertiary/aromatic N) is 1. The highest BCUT2D eigenvalue weighted by Gasteiger charge is 2.37. The van der Waals surface area contributed by atoms with E-state index in [1.165, 1.54) is 5.56 Å². The van der Waals surface area contributed by atoms with Gasteiger partial charge in [0.25, 0.3) is 0 Å². The number of amides is 1. The maximum atomic E-state index is 12.2. The third-order valence-electron chi connectivity index (χ3n) is 4.22. The first-order chi connectivity index (χ1) is 8.72. The summed E-state index contributed by atoms with van der Waals surface area (Å²) in [7, 11) is 0. The van der Waals surface area contributed by atoms with Crippen LogP contribution < -0.4 is 5.32 Å². The van der Waals surface area contributed by atoms with Crippen molar-refractivity contribution < 1.29 is 4.79 Å². The Bertz CT molecular complexity index is 428. The van der Waals surface area contributed by atoms with Gasteiger partial charge in [-0.1, -0.05) is 29.8 Å². The molecule has 0 saturated carbocycles. The number of rotatable bonds is 2. The Kier molecular flexibility index (Phi) is 3.08. The molecule has 1 aromatic carbocycles. The average molecular weight is 244 g/mol. The van der Waals surface area contributed by atoms with E-state index in [0.29, 0.717) is 18.3 Å². The van der Waals surface area contributed by atoms with E-state index in [1.54, 1.807) is 0 Å². The Balaban J connectivity index is 1.60. The molecule has 0 aromatic heterocycles. The lowest BCUT2D eigenvalue weighted by molar-refractivity contribution is -0.129. The van der Waals surface area contributed by atoms with Gasteiger partial charge in [0, 0.05) is 26.2 Å². The van der Waals surface area contributed by atoms with Gasteiger partial charge in [0.2, 0.25) is 5.91 Å². The Labute approximate surface area is 108 Å². The van der Waals surface area contributed by atoms with Crippen LogP contribution in [0.15, 0.2) is 24.3 Å². The standard InChI is InChI=1S/C15H20N2O/c1-11-2-4-12(5-3-11)6-15(18)17-9-13-7-16-8-14(13)10-17/h2-5,13-14,16H,6-10H2,1H3. The second-order valence-corrected chi connectivity index (χ2v) is 5.64. The van der Waals surface area contributed by atoms with Crippen molar-refractivity contribution in [3.63, 3.8) is 0 Å². The van der Waals surface area contributed by atoms with Crippen molar-refractivity contribution in [2.24, 2.45) is 11.8 Å². The summed E-state index contributed by atoms with van der Waals surface area (Å²) in [6.45, 7) is 6.13. The zero-order valence-electron chi connectivity index (χ0n) is 10.9. The predicted octanol–water partition coefficient (Wildman–Crippen LogP) is 1.22. The maximum Gasteiger partial charge on any atom is 0.227 e. The van der Waals surface area contributed by atoms with Gasteiger partial charge in [-0.15, -0.1) is 0 Å². The van der Waals surface area contributed by atoms with Crippen LogP contribution in [0, 0.1) is 18.8 Å². The summed E-state index contributed by atoms with van der Waals surface area (Å²) in [4.78, 5) is 14.3. The summed E-state index contributed by atoms with van der Waals surface area (Å²) >= 11 is 0. The third-order valence-corrected chi connectivity index (χ3v) is 4.22. The van der Waals surface area contributed by atoms with Gasteiger partial charge in [0.05, 0.1) is 6.42 Å². The Morgan fingerprint density at radius 2 is 1.83 bits per heavy atom. The Morgan fingerprint density at radius 3 is 2.44 bits per heavy atom. The second-order valence-electron chi connectivity index (χ2n) is 5.64. The summed E-state index contributed by atoms with van der Waals surface area (Å²) in [6.07, 6.45) is 0.549. The minimum absolute atomic E-state index is 0.285. The van der Waals surface area contributed by atoms with E-state index in [-0.39, 0.29) is 5.91 Å². The fourth-order valence-corrected chi connectivity index (χ4v) is 3.05. The lowest BCUT2D eigenvalue weighted by Crippen LogP contribution is -2.32. The molecular weight excluding hydrogens is 224 g/mol. The van der Waals surface area contributed by atoms with E-state index >= 15 is 0 Å². The van der Waals surface area contributed by atoms with Gasteiger partial charge < -0.3 is 10.2 Å². The van der Waals surface area contributed by atoms with E-state index in [4.69, 9.17) is 0 Å². The molecule has 3 nitrogen and oxygen atoms in total. The van der Waals surface area contributed by atoms with Crippen LogP contribution in [-0.2, 0) is 11.2 Å². The number of hydrogen-bond acceptors (Lipinski definition) is 2. The predicted molar refractivity (Wildman–Crippen MR) is 71.3 cm³/mol. The first-order valence-electron chi connectivity index (χ1n) is 6.76. The van der Waals surface area contributed by atoms with Gasteiger partial charge in [-0.2, -0.15) is 0 Å². The first-order valence-corrected chi connectivity index (χ1v) is 6.76. The van der Waals surface area contributed by atoms with Gasteiger partial charge in [0.1, 0.15) is 0 Å². The van der Waals surface area contributed by atoms with Crippen molar-refractivity contribution in [2.75, 3.05) is 26.2 Å². The molecular formula is C15H20N2O. The van der Waals surface area contributed by atoms with Crippen LogP contribution in [0.1, 0.15) is 11.1 Å². The SMILES string of the molecule is Cc1ccc(CC(=O)N2CC3CNCC3C2)cc1. The first kappa shape index (κ1) is 11.7. The van der Waals surface area contributed by atoms with Gasteiger partial charge in [-0.05, 0) is 24.3 Å². The Morgan fingerprint density at radius 1 is 1.22 bits per heavy atom. The molecule has 2 unspecified atom stereocenters. The van der Waals surface area contributed by atoms with Crippen molar-refractivity contribution in [3.8, 4) is 0 Å². The smallest absolute Gasteiger partial charge is 0.227 e. The number of nitrogens with one attached hydrogen (secondary N) is 1. The number of benzene rings is 1. The molecule has 1 aromatic rings. The molecule has 3 rings (SSSR count). The fraction of sp³-hybridized carbons (Fsp3) is 0.533. The van der Waals surface area contributed by atoms with E-state index in [1.807, 2.05) is 0 Å². The summed E-state index contributed by atoms with van der Waals surface area (Å²) < 4.78 is 0. The zero-order valence-corrected chi connectivity index (χ0v) is 10.9. The highest BCUT2D eigenvalue weighted by Crippen LogP contribution is 2.26. The summed E-state index contributed by atoms with van der Waals surface area (Å²) in [6, 6.07) is 8.27. The normalized spacial score (nSPS) is 26.4. The highest BCUT2D eigenvalue weighted by molar-refractivity contribution is 5.79. The quantitative estimate of drug-likeness (QED) is 0.848. The average Bonchev–Trinajstić information content (AvgIpc) is 2.92. The molecule has 2 aliphatic rings. The largest absolute Gasteiger partial charge is 0.342 e. The van der Waals surface area contributed by atoms with Crippen LogP contribution in [0.3, 0.4) is 0 Å². The minimum atomic E-state index is 0.285. The molecule has 0 aliphatic carbocycles.